The molecule has 0 radical (unpaired) electrons. The summed E-state index contributed by atoms with van der Waals surface area (Å²) in [6.45, 7) is 2.04. The highest BCUT2D eigenvalue weighted by atomic mass is 32.2. The highest BCUT2D eigenvalue weighted by Gasteiger charge is 2.19. The van der Waals surface area contributed by atoms with E-state index in [4.69, 9.17) is 4.74 Å². The third-order valence-electron chi connectivity index (χ3n) is 4.79. The second-order valence-electron chi connectivity index (χ2n) is 6.89. The molecule has 0 saturated carbocycles. The van der Waals surface area contributed by atoms with Crippen LogP contribution >= 0.6 is 11.8 Å². The van der Waals surface area contributed by atoms with Crippen molar-refractivity contribution in [2.24, 2.45) is 0 Å². The number of para-hydroxylation sites is 1. The number of nitrogens with zero attached hydrogens (tertiary/aromatic N) is 4. The fraction of sp³-hybridized carbons (Fsp3) is 0.130. The van der Waals surface area contributed by atoms with Gasteiger partial charge in [-0.05, 0) is 36.8 Å². The smallest absolute Gasteiger partial charge is 0.269 e. The molecule has 0 aliphatic carbocycles. The monoisotopic (exact) mass is 432 g/mol. The minimum Gasteiger partial charge on any atom is -0.496 e. The lowest BCUT2D eigenvalue weighted by atomic mass is 10.1. The third kappa shape index (κ3) is 4.44. The van der Waals surface area contributed by atoms with Gasteiger partial charge in [0.1, 0.15) is 5.75 Å². The molecule has 8 heteroatoms. The number of hydrogen-bond donors (Lipinski definition) is 0. The second-order valence-corrected chi connectivity index (χ2v) is 7.83. The molecule has 4 aromatic rings. The van der Waals surface area contributed by atoms with E-state index in [0.29, 0.717) is 11.6 Å². The molecule has 0 aliphatic rings. The van der Waals surface area contributed by atoms with Crippen molar-refractivity contribution in [2.45, 2.75) is 17.8 Å². The van der Waals surface area contributed by atoms with Crippen molar-refractivity contribution in [1.29, 1.82) is 0 Å². The SMILES string of the molecule is COc1ccccc1-c1nnc(SCc2ccc([N+](=O)[O-])cc2)n1-c1ccc(C)cc1. The van der Waals surface area contributed by atoms with Crippen LogP contribution < -0.4 is 4.74 Å². The van der Waals surface area contributed by atoms with E-state index in [0.717, 1.165) is 33.3 Å². The van der Waals surface area contributed by atoms with E-state index in [1.807, 2.05) is 60.0 Å². The summed E-state index contributed by atoms with van der Waals surface area (Å²) in [6.07, 6.45) is 0. The van der Waals surface area contributed by atoms with Gasteiger partial charge in [-0.15, -0.1) is 10.2 Å². The van der Waals surface area contributed by atoms with Gasteiger partial charge in [-0.25, -0.2) is 0 Å². The number of rotatable bonds is 7. The summed E-state index contributed by atoms with van der Waals surface area (Å²) in [4.78, 5) is 10.5. The maximum Gasteiger partial charge on any atom is 0.269 e. The summed E-state index contributed by atoms with van der Waals surface area (Å²) in [6, 6.07) is 22.4. The van der Waals surface area contributed by atoms with Crippen molar-refractivity contribution in [3.63, 3.8) is 0 Å². The highest BCUT2D eigenvalue weighted by Crippen LogP contribution is 2.34. The fourth-order valence-corrected chi connectivity index (χ4v) is 4.06. The lowest BCUT2D eigenvalue weighted by molar-refractivity contribution is -0.384. The molecule has 0 saturated heterocycles. The molecule has 1 heterocycles. The Morgan fingerprint density at radius 2 is 1.71 bits per heavy atom. The molecule has 1 aromatic heterocycles. The molecule has 0 bridgehead atoms. The van der Waals surface area contributed by atoms with Gasteiger partial charge in [0.25, 0.3) is 5.69 Å². The molecule has 0 spiro atoms. The zero-order valence-corrected chi connectivity index (χ0v) is 17.9. The number of nitro benzene ring substituents is 1. The van der Waals surface area contributed by atoms with Crippen molar-refractivity contribution in [1.82, 2.24) is 14.8 Å². The Labute approximate surface area is 183 Å². The average molecular weight is 433 g/mol. The molecule has 0 unspecified atom stereocenters. The predicted molar refractivity (Wildman–Crippen MR) is 121 cm³/mol. The van der Waals surface area contributed by atoms with Crippen molar-refractivity contribution in [3.05, 3.63) is 94.0 Å². The number of aryl methyl sites for hydroxylation is 1. The maximum absolute atomic E-state index is 10.9. The summed E-state index contributed by atoms with van der Waals surface area (Å²) in [5.41, 5.74) is 4.00. The van der Waals surface area contributed by atoms with Gasteiger partial charge in [0.05, 0.1) is 17.6 Å². The molecular weight excluding hydrogens is 412 g/mol. The zero-order chi connectivity index (χ0) is 21.8. The van der Waals surface area contributed by atoms with Crippen LogP contribution in [0.15, 0.2) is 78.0 Å². The predicted octanol–water partition coefficient (Wildman–Crippen LogP) is 5.45. The van der Waals surface area contributed by atoms with Gasteiger partial charge in [-0.3, -0.25) is 14.7 Å². The van der Waals surface area contributed by atoms with Gasteiger partial charge < -0.3 is 4.74 Å². The number of thioether (sulfide) groups is 1. The lowest BCUT2D eigenvalue weighted by Gasteiger charge is -2.12. The van der Waals surface area contributed by atoms with E-state index in [1.165, 1.54) is 23.9 Å². The van der Waals surface area contributed by atoms with Gasteiger partial charge in [-0.2, -0.15) is 0 Å². The van der Waals surface area contributed by atoms with Crippen LogP contribution in [0.1, 0.15) is 11.1 Å². The van der Waals surface area contributed by atoms with Crippen LogP contribution in [0, 0.1) is 17.0 Å². The minimum atomic E-state index is -0.398. The Hall–Kier alpha value is -3.65. The van der Waals surface area contributed by atoms with Crippen molar-refractivity contribution >= 4 is 17.4 Å². The minimum absolute atomic E-state index is 0.0787. The molecule has 0 fully saturated rings. The van der Waals surface area contributed by atoms with Gasteiger partial charge in [0.15, 0.2) is 11.0 Å². The standard InChI is InChI=1S/C23H20N4O3S/c1-16-7-11-18(12-8-16)26-22(20-5-3-4-6-21(20)30-2)24-25-23(26)31-15-17-9-13-19(14-10-17)27(28)29/h3-14H,15H2,1-2H3. The van der Waals surface area contributed by atoms with Crippen LogP contribution in [0.3, 0.4) is 0 Å². The molecule has 156 valence electrons. The number of nitro groups is 1. The van der Waals surface area contributed by atoms with Crippen LogP contribution in [0.5, 0.6) is 5.75 Å². The van der Waals surface area contributed by atoms with E-state index < -0.39 is 4.92 Å². The first-order valence-corrected chi connectivity index (χ1v) is 10.6. The number of ether oxygens (including phenoxy) is 1. The molecule has 0 N–H and O–H groups in total. The summed E-state index contributed by atoms with van der Waals surface area (Å²) >= 11 is 1.52. The fourth-order valence-electron chi connectivity index (χ4n) is 3.16. The Balaban J connectivity index is 1.71. The summed E-state index contributed by atoms with van der Waals surface area (Å²) in [5, 5.41) is 20.5. The summed E-state index contributed by atoms with van der Waals surface area (Å²) < 4.78 is 7.54. The van der Waals surface area contributed by atoms with E-state index in [9.17, 15) is 10.1 Å². The van der Waals surface area contributed by atoms with E-state index in [2.05, 4.69) is 10.2 Å². The highest BCUT2D eigenvalue weighted by molar-refractivity contribution is 7.98. The number of methoxy groups -OCH3 is 1. The first-order valence-electron chi connectivity index (χ1n) is 9.59. The normalized spacial score (nSPS) is 10.8. The van der Waals surface area contributed by atoms with Crippen molar-refractivity contribution < 1.29 is 9.66 Å². The molecular formula is C23H20N4O3S. The van der Waals surface area contributed by atoms with E-state index in [1.54, 1.807) is 19.2 Å². The van der Waals surface area contributed by atoms with Crippen LogP contribution in [-0.4, -0.2) is 26.8 Å². The summed E-state index contributed by atoms with van der Waals surface area (Å²) in [5.74, 6) is 2.01. The Morgan fingerprint density at radius 1 is 1.00 bits per heavy atom. The lowest BCUT2D eigenvalue weighted by Crippen LogP contribution is -2.01. The molecule has 7 nitrogen and oxygen atoms in total. The van der Waals surface area contributed by atoms with Crippen molar-refractivity contribution in [3.8, 4) is 22.8 Å². The van der Waals surface area contributed by atoms with E-state index in [-0.39, 0.29) is 5.69 Å². The maximum atomic E-state index is 10.9. The summed E-state index contributed by atoms with van der Waals surface area (Å²) in [7, 11) is 1.63. The number of hydrogen-bond acceptors (Lipinski definition) is 6. The second kappa shape index (κ2) is 9.01. The third-order valence-corrected chi connectivity index (χ3v) is 5.79. The first-order chi connectivity index (χ1) is 15.1. The number of aromatic nitrogens is 3. The average Bonchev–Trinajstić information content (AvgIpc) is 3.22. The van der Waals surface area contributed by atoms with Crippen LogP contribution in [0.25, 0.3) is 17.1 Å². The van der Waals surface area contributed by atoms with Crippen LogP contribution in [0.4, 0.5) is 5.69 Å². The molecule has 0 aliphatic heterocycles. The van der Waals surface area contributed by atoms with Gasteiger partial charge in [-0.1, -0.05) is 53.7 Å². The molecule has 4 rings (SSSR count). The van der Waals surface area contributed by atoms with Gasteiger partial charge in [0, 0.05) is 23.6 Å². The molecule has 31 heavy (non-hydrogen) atoms. The molecule has 3 aromatic carbocycles. The van der Waals surface area contributed by atoms with Gasteiger partial charge in [0.2, 0.25) is 0 Å². The van der Waals surface area contributed by atoms with Crippen LogP contribution in [-0.2, 0) is 5.75 Å². The Kier molecular flexibility index (Phi) is 5.99. The van der Waals surface area contributed by atoms with Crippen LogP contribution in [0.2, 0.25) is 0 Å². The Bertz CT molecular complexity index is 1200. The largest absolute Gasteiger partial charge is 0.496 e. The van der Waals surface area contributed by atoms with E-state index >= 15 is 0 Å². The number of benzene rings is 3. The molecule has 0 atom stereocenters. The first kappa shape index (κ1) is 20.6. The zero-order valence-electron chi connectivity index (χ0n) is 17.1. The topological polar surface area (TPSA) is 83.1 Å². The number of non-ortho nitro benzene ring substituents is 1. The quantitative estimate of drug-likeness (QED) is 0.219. The molecule has 0 amide bonds. The Morgan fingerprint density at radius 3 is 2.39 bits per heavy atom. The van der Waals surface area contributed by atoms with Crippen molar-refractivity contribution in [2.75, 3.05) is 7.11 Å². The van der Waals surface area contributed by atoms with Gasteiger partial charge >= 0.3 is 0 Å².